The standard InChI is InChI=1S/C34H37F2N3O6S2/c1-4-34(23-18-28(41)38-26(23)19-46-34)12-6-5-7-27(40)37-13-14-44-15-16-45-22-10-8-21(9-11-22)25-17-24(33(3,35)36)29-20(2)30(32(42)43)47-31(29)39-25/h1,8-11,17,23,26H,5-7,12-16,18-19H2,2-3H3,(H,37,40)(H,38,41)(H,42,43)/t23-,26-,34?/m0/s1. The normalized spacial score (nSPS) is 20.5. The minimum absolute atomic E-state index is 0.00676. The lowest BCUT2D eigenvalue weighted by molar-refractivity contribution is -0.121. The van der Waals surface area contributed by atoms with Crippen LogP contribution in [0.15, 0.2) is 30.3 Å². The molecule has 0 aliphatic carbocycles. The van der Waals surface area contributed by atoms with Crippen molar-refractivity contribution in [2.24, 2.45) is 5.92 Å². The van der Waals surface area contributed by atoms with Gasteiger partial charge in [0.25, 0.3) is 5.92 Å². The van der Waals surface area contributed by atoms with Crippen LogP contribution in [-0.2, 0) is 20.2 Å². The van der Waals surface area contributed by atoms with Crippen molar-refractivity contribution >= 4 is 51.1 Å². The molecule has 2 amide bonds. The van der Waals surface area contributed by atoms with Crippen molar-refractivity contribution in [1.82, 2.24) is 15.6 Å². The van der Waals surface area contributed by atoms with Crippen LogP contribution in [0, 0.1) is 25.2 Å². The van der Waals surface area contributed by atoms with Crippen molar-refractivity contribution in [3.8, 4) is 29.4 Å². The molecular weight excluding hydrogens is 649 g/mol. The first kappa shape index (κ1) is 34.6. The first-order valence-electron chi connectivity index (χ1n) is 15.5. The smallest absolute Gasteiger partial charge is 0.346 e. The van der Waals surface area contributed by atoms with Gasteiger partial charge in [-0.3, -0.25) is 9.59 Å². The summed E-state index contributed by atoms with van der Waals surface area (Å²) in [5, 5.41) is 15.5. The minimum Gasteiger partial charge on any atom is -0.491 e. The number of thiophene rings is 1. The monoisotopic (exact) mass is 685 g/mol. The number of hydrogen-bond acceptors (Lipinski definition) is 8. The number of carbonyl (C=O) groups excluding carboxylic acids is 2. The molecule has 2 fully saturated rings. The number of fused-ring (bicyclic) bond motifs is 2. The Bertz CT molecular complexity index is 1680. The first-order chi connectivity index (χ1) is 22.4. The number of aromatic carboxylic acids is 1. The van der Waals surface area contributed by atoms with Gasteiger partial charge in [0.1, 0.15) is 22.1 Å². The van der Waals surface area contributed by atoms with Crippen LogP contribution in [0.2, 0.25) is 0 Å². The number of halogens is 2. The van der Waals surface area contributed by atoms with Crippen molar-refractivity contribution < 1.29 is 37.7 Å². The van der Waals surface area contributed by atoms with Gasteiger partial charge in [-0.1, -0.05) is 12.3 Å². The van der Waals surface area contributed by atoms with Crippen molar-refractivity contribution in [3.63, 3.8) is 0 Å². The van der Waals surface area contributed by atoms with Crippen molar-refractivity contribution in [3.05, 3.63) is 46.3 Å². The molecule has 3 atom stereocenters. The molecule has 0 radical (unpaired) electrons. The summed E-state index contributed by atoms with van der Waals surface area (Å²) >= 11 is 2.63. The minimum atomic E-state index is -3.19. The van der Waals surface area contributed by atoms with E-state index in [4.69, 9.17) is 15.9 Å². The highest BCUT2D eigenvalue weighted by Gasteiger charge is 2.52. The number of aromatic nitrogens is 1. The fourth-order valence-corrected chi connectivity index (χ4v) is 8.86. The molecule has 0 spiro atoms. The van der Waals surface area contributed by atoms with Gasteiger partial charge in [0.15, 0.2) is 0 Å². The lowest BCUT2D eigenvalue weighted by atomic mass is 9.83. The summed E-state index contributed by atoms with van der Waals surface area (Å²) in [6.07, 6.45) is 9.10. The predicted octanol–water partition coefficient (Wildman–Crippen LogP) is 5.78. The average molecular weight is 686 g/mol. The number of ether oxygens (including phenoxy) is 2. The molecule has 1 aromatic carbocycles. The number of nitrogens with zero attached hydrogens (tertiary/aromatic N) is 1. The zero-order valence-electron chi connectivity index (χ0n) is 26.2. The van der Waals surface area contributed by atoms with Crippen molar-refractivity contribution in [2.45, 2.75) is 62.7 Å². The molecule has 3 N–H and O–H groups in total. The number of aryl methyl sites for hydroxylation is 1. The molecule has 47 heavy (non-hydrogen) atoms. The molecule has 2 aliphatic rings. The van der Waals surface area contributed by atoms with Crippen LogP contribution in [0.3, 0.4) is 0 Å². The van der Waals surface area contributed by atoms with E-state index in [0.29, 0.717) is 49.6 Å². The van der Waals surface area contributed by atoms with Crippen LogP contribution in [0.5, 0.6) is 5.75 Å². The highest BCUT2D eigenvalue weighted by molar-refractivity contribution is 8.01. The third-order valence-corrected chi connectivity index (χ3v) is 11.4. The Morgan fingerprint density at radius 1 is 1.23 bits per heavy atom. The summed E-state index contributed by atoms with van der Waals surface area (Å²) in [5.74, 6) is 0.183. The molecule has 3 aromatic rings. The lowest BCUT2D eigenvalue weighted by Gasteiger charge is -2.27. The summed E-state index contributed by atoms with van der Waals surface area (Å²) in [7, 11) is 0. The zero-order chi connectivity index (χ0) is 33.8. The number of pyridine rings is 1. The topological polar surface area (TPSA) is 127 Å². The van der Waals surface area contributed by atoms with Gasteiger partial charge in [0.2, 0.25) is 11.8 Å². The molecule has 1 unspecified atom stereocenters. The molecule has 9 nitrogen and oxygen atoms in total. The second-order valence-electron chi connectivity index (χ2n) is 11.9. The second-order valence-corrected chi connectivity index (χ2v) is 14.2. The number of carboxylic acid groups (broad SMARTS) is 1. The molecule has 2 saturated heterocycles. The van der Waals surface area contributed by atoms with Gasteiger partial charge in [-0.15, -0.1) is 29.5 Å². The lowest BCUT2D eigenvalue weighted by Crippen LogP contribution is -2.34. The highest BCUT2D eigenvalue weighted by Crippen LogP contribution is 2.49. The molecule has 2 aromatic heterocycles. The van der Waals surface area contributed by atoms with Crippen LogP contribution >= 0.6 is 23.1 Å². The van der Waals surface area contributed by atoms with E-state index < -0.39 is 11.9 Å². The summed E-state index contributed by atoms with van der Waals surface area (Å²) in [6.45, 7) is 3.60. The Morgan fingerprint density at radius 2 is 2.00 bits per heavy atom. The number of nitrogens with one attached hydrogen (secondary N) is 2. The van der Waals surface area contributed by atoms with E-state index in [1.807, 2.05) is 0 Å². The Kier molecular flexibility index (Phi) is 10.7. The maximum atomic E-state index is 14.6. The van der Waals surface area contributed by atoms with E-state index >= 15 is 0 Å². The van der Waals surface area contributed by atoms with Crippen LogP contribution in [0.25, 0.3) is 21.5 Å². The van der Waals surface area contributed by atoms with Crippen LogP contribution in [0.4, 0.5) is 8.78 Å². The van der Waals surface area contributed by atoms with E-state index in [0.717, 1.165) is 43.3 Å². The fraction of sp³-hybridized carbons (Fsp3) is 0.471. The summed E-state index contributed by atoms with van der Waals surface area (Å²) < 4.78 is 40.1. The third-order valence-electron chi connectivity index (χ3n) is 8.59. The van der Waals surface area contributed by atoms with E-state index in [9.17, 15) is 28.3 Å². The zero-order valence-corrected chi connectivity index (χ0v) is 27.8. The number of rotatable bonds is 15. The van der Waals surface area contributed by atoms with Gasteiger partial charge in [-0.2, -0.15) is 0 Å². The Balaban J connectivity index is 1.00. The van der Waals surface area contributed by atoms with Crippen LogP contribution in [-0.4, -0.2) is 70.8 Å². The van der Waals surface area contributed by atoms with Gasteiger partial charge in [-0.05, 0) is 55.7 Å². The maximum absolute atomic E-state index is 14.6. The quantitative estimate of drug-likeness (QED) is 0.136. The summed E-state index contributed by atoms with van der Waals surface area (Å²) in [6, 6.07) is 8.29. The van der Waals surface area contributed by atoms with Crippen molar-refractivity contribution in [1.29, 1.82) is 0 Å². The number of terminal acetylenes is 1. The molecule has 4 heterocycles. The van der Waals surface area contributed by atoms with Crippen LogP contribution < -0.4 is 15.4 Å². The third kappa shape index (κ3) is 7.88. The number of hydrogen-bond donors (Lipinski definition) is 3. The molecular formula is C34H37F2N3O6S2. The largest absolute Gasteiger partial charge is 0.491 e. The van der Waals surface area contributed by atoms with E-state index in [-0.39, 0.29) is 61.3 Å². The van der Waals surface area contributed by atoms with Crippen LogP contribution in [0.1, 0.15) is 59.8 Å². The Hall–Kier alpha value is -3.73. The highest BCUT2D eigenvalue weighted by atomic mass is 32.2. The maximum Gasteiger partial charge on any atom is 0.346 e. The van der Waals surface area contributed by atoms with Gasteiger partial charge in [0, 0.05) is 60.5 Å². The molecule has 0 saturated carbocycles. The number of alkyl halides is 2. The van der Waals surface area contributed by atoms with E-state index in [2.05, 4.69) is 21.5 Å². The van der Waals surface area contributed by atoms with E-state index in [1.54, 1.807) is 36.0 Å². The molecule has 13 heteroatoms. The van der Waals surface area contributed by atoms with Gasteiger partial charge in [0.05, 0.1) is 23.7 Å². The van der Waals surface area contributed by atoms with Crippen molar-refractivity contribution in [2.75, 3.05) is 32.1 Å². The number of carbonyl (C=O) groups is 3. The van der Waals surface area contributed by atoms with Gasteiger partial charge < -0.3 is 25.2 Å². The number of carboxylic acids is 1. The number of benzene rings is 1. The predicted molar refractivity (Wildman–Crippen MR) is 178 cm³/mol. The molecule has 2 aliphatic heterocycles. The summed E-state index contributed by atoms with van der Waals surface area (Å²) in [5.41, 5.74) is 0.920. The van der Waals surface area contributed by atoms with E-state index in [1.165, 1.54) is 13.0 Å². The van der Waals surface area contributed by atoms with Gasteiger partial charge in [-0.25, -0.2) is 18.6 Å². The Morgan fingerprint density at radius 3 is 2.70 bits per heavy atom. The van der Waals surface area contributed by atoms with Gasteiger partial charge >= 0.3 is 5.97 Å². The average Bonchev–Trinajstić information content (AvgIpc) is 3.69. The number of thioether (sulfide) groups is 1. The number of unbranched alkanes of at least 4 members (excludes halogenated alkanes) is 1. The Labute approximate surface area is 280 Å². The first-order valence-corrected chi connectivity index (χ1v) is 17.3. The summed E-state index contributed by atoms with van der Waals surface area (Å²) in [4.78, 5) is 40.4. The number of amides is 2. The molecule has 0 bridgehead atoms. The SMILES string of the molecule is C#CC1(CCCCC(=O)NCCOCCOc2ccc(-c3cc(C(C)(F)F)c4c(C)c(C(=O)O)sc4n3)cc2)SC[C@@H]2NC(=O)C[C@@H]21. The molecule has 5 rings (SSSR count). The second kappa shape index (κ2) is 14.6. The molecule has 250 valence electrons. The fourth-order valence-electron chi connectivity index (χ4n) is 6.19.